The van der Waals surface area contributed by atoms with E-state index < -0.39 is 0 Å². The minimum absolute atomic E-state index is 0.0219. The monoisotopic (exact) mass is 292 g/mol. The summed E-state index contributed by atoms with van der Waals surface area (Å²) in [5.74, 6) is 0.0219. The van der Waals surface area contributed by atoms with Crippen LogP contribution >= 0.6 is 0 Å². The number of aromatic nitrogens is 1. The highest BCUT2D eigenvalue weighted by atomic mass is 16.3. The summed E-state index contributed by atoms with van der Waals surface area (Å²) in [4.78, 5) is 12.3. The van der Waals surface area contributed by atoms with Crippen LogP contribution in [0.1, 0.15) is 68.9 Å². The quantitative estimate of drug-likeness (QED) is 0.759. The van der Waals surface area contributed by atoms with Gasteiger partial charge in [-0.15, -0.1) is 0 Å². The summed E-state index contributed by atoms with van der Waals surface area (Å²) < 4.78 is 2.14. The fourth-order valence-electron chi connectivity index (χ4n) is 3.03. The lowest BCUT2D eigenvalue weighted by Gasteiger charge is -2.21. The van der Waals surface area contributed by atoms with Crippen molar-refractivity contribution in [3.05, 3.63) is 24.0 Å². The minimum Gasteiger partial charge on any atom is -0.396 e. The molecule has 0 radical (unpaired) electrons. The van der Waals surface area contributed by atoms with Crippen molar-refractivity contribution in [2.75, 3.05) is 13.2 Å². The Morgan fingerprint density at radius 2 is 2.14 bits per heavy atom. The molecule has 1 amide bonds. The summed E-state index contributed by atoms with van der Waals surface area (Å²) in [6, 6.07) is 4.36. The van der Waals surface area contributed by atoms with Crippen molar-refractivity contribution < 1.29 is 9.90 Å². The Morgan fingerprint density at radius 1 is 1.43 bits per heavy atom. The van der Waals surface area contributed by atoms with Gasteiger partial charge in [0.05, 0.1) is 0 Å². The fourth-order valence-corrected chi connectivity index (χ4v) is 3.03. The van der Waals surface area contributed by atoms with Crippen LogP contribution in [0.3, 0.4) is 0 Å². The van der Waals surface area contributed by atoms with Crippen LogP contribution in [0.5, 0.6) is 0 Å². The van der Waals surface area contributed by atoms with Gasteiger partial charge in [-0.25, -0.2) is 0 Å². The first-order valence-electron chi connectivity index (χ1n) is 8.09. The van der Waals surface area contributed by atoms with Crippen LogP contribution in [0.2, 0.25) is 0 Å². The molecule has 1 saturated carbocycles. The molecule has 118 valence electrons. The molecular weight excluding hydrogens is 264 g/mol. The van der Waals surface area contributed by atoms with Crippen molar-refractivity contribution in [2.45, 2.75) is 58.4 Å². The van der Waals surface area contributed by atoms with E-state index in [0.717, 1.165) is 18.5 Å². The Bertz CT molecular complexity index is 459. The molecule has 0 atom stereocenters. The molecule has 2 rings (SSSR count). The topological polar surface area (TPSA) is 54.3 Å². The van der Waals surface area contributed by atoms with Crippen molar-refractivity contribution in [3.63, 3.8) is 0 Å². The number of nitrogens with one attached hydrogen (secondary N) is 1. The SMILES string of the molecule is CC(C)(CO)CCCNC(=O)c1cccn1C1CCCC1. The van der Waals surface area contributed by atoms with E-state index in [1.165, 1.54) is 25.7 Å². The van der Waals surface area contributed by atoms with Gasteiger partial charge in [-0.1, -0.05) is 26.7 Å². The molecule has 0 bridgehead atoms. The number of aliphatic hydroxyl groups is 1. The molecule has 1 fully saturated rings. The maximum Gasteiger partial charge on any atom is 0.267 e. The summed E-state index contributed by atoms with van der Waals surface area (Å²) in [6.07, 6.45) is 8.72. The molecule has 0 spiro atoms. The van der Waals surface area contributed by atoms with Crippen LogP contribution in [-0.2, 0) is 0 Å². The summed E-state index contributed by atoms with van der Waals surface area (Å²) in [6.45, 7) is 4.93. The molecule has 1 heterocycles. The minimum atomic E-state index is -0.0607. The van der Waals surface area contributed by atoms with Gasteiger partial charge in [0.1, 0.15) is 5.69 Å². The van der Waals surface area contributed by atoms with Crippen LogP contribution in [0, 0.1) is 5.41 Å². The third kappa shape index (κ3) is 4.34. The molecule has 4 heteroatoms. The van der Waals surface area contributed by atoms with Gasteiger partial charge in [-0.3, -0.25) is 4.79 Å². The number of aliphatic hydroxyl groups excluding tert-OH is 1. The number of hydrogen-bond donors (Lipinski definition) is 2. The van der Waals surface area contributed by atoms with Crippen molar-refractivity contribution in [3.8, 4) is 0 Å². The zero-order valence-corrected chi connectivity index (χ0v) is 13.3. The van der Waals surface area contributed by atoms with E-state index in [9.17, 15) is 9.90 Å². The van der Waals surface area contributed by atoms with Gasteiger partial charge in [0.25, 0.3) is 5.91 Å². The van der Waals surface area contributed by atoms with Crippen molar-refractivity contribution >= 4 is 5.91 Å². The number of amides is 1. The average molecular weight is 292 g/mol. The standard InChI is InChI=1S/C17H28N2O2/c1-17(2,13-20)10-6-11-18-16(21)15-9-5-12-19(15)14-7-3-4-8-14/h5,9,12,14,20H,3-4,6-8,10-11,13H2,1-2H3,(H,18,21). The van der Waals surface area contributed by atoms with E-state index in [1.807, 2.05) is 32.2 Å². The highest BCUT2D eigenvalue weighted by Gasteiger charge is 2.21. The van der Waals surface area contributed by atoms with Crippen LogP contribution in [0.15, 0.2) is 18.3 Å². The van der Waals surface area contributed by atoms with Gasteiger partial charge in [-0.2, -0.15) is 0 Å². The second-order valence-electron chi connectivity index (χ2n) is 6.92. The zero-order valence-electron chi connectivity index (χ0n) is 13.3. The van der Waals surface area contributed by atoms with Crippen molar-refractivity contribution in [1.82, 2.24) is 9.88 Å². The Morgan fingerprint density at radius 3 is 2.81 bits per heavy atom. The second kappa shape index (κ2) is 7.12. The third-order valence-electron chi connectivity index (χ3n) is 4.47. The molecular formula is C17H28N2O2. The maximum absolute atomic E-state index is 12.3. The highest BCUT2D eigenvalue weighted by Crippen LogP contribution is 2.30. The van der Waals surface area contributed by atoms with Gasteiger partial charge in [0, 0.05) is 25.4 Å². The summed E-state index contributed by atoms with van der Waals surface area (Å²) in [7, 11) is 0. The average Bonchev–Trinajstić information content (AvgIpc) is 3.12. The molecule has 1 aromatic heterocycles. The van der Waals surface area contributed by atoms with E-state index in [1.54, 1.807) is 0 Å². The fraction of sp³-hybridized carbons (Fsp3) is 0.706. The predicted molar refractivity (Wildman–Crippen MR) is 84.4 cm³/mol. The van der Waals surface area contributed by atoms with Gasteiger partial charge >= 0.3 is 0 Å². The van der Waals surface area contributed by atoms with Crippen molar-refractivity contribution in [2.24, 2.45) is 5.41 Å². The van der Waals surface area contributed by atoms with Crippen LogP contribution < -0.4 is 5.32 Å². The molecule has 0 unspecified atom stereocenters. The molecule has 1 aliphatic carbocycles. The zero-order chi connectivity index (χ0) is 15.3. The summed E-state index contributed by atoms with van der Waals surface area (Å²) >= 11 is 0. The summed E-state index contributed by atoms with van der Waals surface area (Å²) in [5.41, 5.74) is 0.720. The Kier molecular flexibility index (Phi) is 5.45. The number of nitrogens with zero attached hydrogens (tertiary/aromatic N) is 1. The molecule has 1 aliphatic rings. The molecule has 21 heavy (non-hydrogen) atoms. The largest absolute Gasteiger partial charge is 0.396 e. The number of carbonyl (C=O) groups is 1. The van der Waals surface area contributed by atoms with Crippen LogP contribution in [0.4, 0.5) is 0 Å². The lowest BCUT2D eigenvalue weighted by Crippen LogP contribution is -2.28. The van der Waals surface area contributed by atoms with Gasteiger partial charge < -0.3 is 15.0 Å². The van der Waals surface area contributed by atoms with Crippen LogP contribution in [0.25, 0.3) is 0 Å². The van der Waals surface area contributed by atoms with E-state index >= 15 is 0 Å². The Balaban J connectivity index is 1.82. The van der Waals surface area contributed by atoms with E-state index in [-0.39, 0.29) is 17.9 Å². The number of rotatable bonds is 7. The molecule has 4 nitrogen and oxygen atoms in total. The smallest absolute Gasteiger partial charge is 0.267 e. The van der Waals surface area contributed by atoms with E-state index in [4.69, 9.17) is 0 Å². The number of carbonyl (C=O) groups excluding carboxylic acids is 1. The highest BCUT2D eigenvalue weighted by molar-refractivity contribution is 5.92. The number of hydrogen-bond acceptors (Lipinski definition) is 2. The van der Waals surface area contributed by atoms with Gasteiger partial charge in [0.15, 0.2) is 0 Å². The van der Waals surface area contributed by atoms with Gasteiger partial charge in [0.2, 0.25) is 0 Å². The summed E-state index contributed by atoms with van der Waals surface area (Å²) in [5, 5.41) is 12.2. The normalized spacial score (nSPS) is 16.3. The predicted octanol–water partition coefficient (Wildman–Crippen LogP) is 3.13. The Labute approximate surface area is 127 Å². The first kappa shape index (κ1) is 16.1. The first-order chi connectivity index (χ1) is 10.0. The molecule has 1 aromatic rings. The van der Waals surface area contributed by atoms with Crippen molar-refractivity contribution in [1.29, 1.82) is 0 Å². The second-order valence-corrected chi connectivity index (χ2v) is 6.92. The first-order valence-corrected chi connectivity index (χ1v) is 8.09. The lowest BCUT2D eigenvalue weighted by atomic mass is 9.89. The lowest BCUT2D eigenvalue weighted by molar-refractivity contribution is 0.0937. The van der Waals surface area contributed by atoms with E-state index in [2.05, 4.69) is 9.88 Å². The molecule has 0 saturated heterocycles. The third-order valence-corrected chi connectivity index (χ3v) is 4.47. The Hall–Kier alpha value is -1.29. The van der Waals surface area contributed by atoms with E-state index in [0.29, 0.717) is 12.6 Å². The molecule has 2 N–H and O–H groups in total. The van der Waals surface area contributed by atoms with Gasteiger partial charge in [-0.05, 0) is 43.2 Å². The van der Waals surface area contributed by atoms with Crippen LogP contribution in [-0.4, -0.2) is 28.7 Å². The molecule has 0 aromatic carbocycles. The maximum atomic E-state index is 12.3. The molecule has 0 aliphatic heterocycles.